The summed E-state index contributed by atoms with van der Waals surface area (Å²) in [7, 11) is 1.48. The molecule has 0 aliphatic carbocycles. The van der Waals surface area contributed by atoms with Crippen LogP contribution in [0.1, 0.15) is 10.4 Å². The monoisotopic (exact) mass is 229 g/mol. The van der Waals surface area contributed by atoms with Crippen molar-refractivity contribution in [3.05, 3.63) is 48.4 Å². The predicted octanol–water partition coefficient (Wildman–Crippen LogP) is 1.74. The van der Waals surface area contributed by atoms with Crippen LogP contribution in [0.3, 0.4) is 0 Å². The van der Waals surface area contributed by atoms with Crippen LogP contribution in [-0.4, -0.2) is 23.0 Å². The number of ether oxygens (including phenoxy) is 1. The molecule has 86 valence electrons. The average Bonchev–Trinajstić information content (AvgIpc) is 2.40. The topological polar surface area (TPSA) is 64.1 Å². The fourth-order valence-electron chi connectivity index (χ4n) is 1.36. The molecule has 2 aromatic heterocycles. The molecule has 0 aromatic carbocycles. The number of pyridine rings is 2. The molecule has 5 heteroatoms. The second-order valence-corrected chi connectivity index (χ2v) is 3.26. The molecule has 17 heavy (non-hydrogen) atoms. The van der Waals surface area contributed by atoms with Crippen molar-refractivity contribution >= 4 is 11.6 Å². The normalized spacial score (nSPS) is 9.71. The molecule has 0 aliphatic rings. The van der Waals surface area contributed by atoms with Gasteiger partial charge < -0.3 is 10.1 Å². The number of aromatic nitrogens is 2. The quantitative estimate of drug-likeness (QED) is 0.870. The number of carbonyl (C=O) groups excluding carboxylic acids is 1. The molecule has 0 atom stereocenters. The number of rotatable bonds is 3. The lowest BCUT2D eigenvalue weighted by Gasteiger charge is -2.07. The molecule has 0 fully saturated rings. The summed E-state index contributed by atoms with van der Waals surface area (Å²) in [6.45, 7) is 0. The van der Waals surface area contributed by atoms with Gasteiger partial charge in [-0.2, -0.15) is 0 Å². The van der Waals surface area contributed by atoms with Gasteiger partial charge in [0.15, 0.2) is 0 Å². The number of carbonyl (C=O) groups is 1. The maximum atomic E-state index is 11.9. The molecule has 2 rings (SSSR count). The molecule has 1 N–H and O–H groups in total. The zero-order valence-electron chi connectivity index (χ0n) is 9.25. The number of anilines is 1. The summed E-state index contributed by atoms with van der Waals surface area (Å²) >= 11 is 0. The SMILES string of the molecule is COc1ncccc1C(=O)Nc1cccnc1. The van der Waals surface area contributed by atoms with Gasteiger partial charge in [-0.25, -0.2) is 4.98 Å². The van der Waals surface area contributed by atoms with Crippen LogP contribution in [0.15, 0.2) is 42.9 Å². The molecule has 2 aromatic rings. The number of methoxy groups -OCH3 is 1. The Hall–Kier alpha value is -2.43. The van der Waals surface area contributed by atoms with Gasteiger partial charge in [0, 0.05) is 12.4 Å². The minimum absolute atomic E-state index is 0.275. The van der Waals surface area contributed by atoms with Crippen molar-refractivity contribution < 1.29 is 9.53 Å². The summed E-state index contributed by atoms with van der Waals surface area (Å²) in [6.07, 6.45) is 4.78. The van der Waals surface area contributed by atoms with E-state index in [-0.39, 0.29) is 5.91 Å². The Labute approximate surface area is 98.5 Å². The Morgan fingerprint density at radius 1 is 1.29 bits per heavy atom. The van der Waals surface area contributed by atoms with Gasteiger partial charge in [-0.1, -0.05) is 0 Å². The number of nitrogens with one attached hydrogen (secondary N) is 1. The first-order valence-corrected chi connectivity index (χ1v) is 5.01. The van der Waals surface area contributed by atoms with Crippen molar-refractivity contribution in [2.75, 3.05) is 12.4 Å². The Morgan fingerprint density at radius 2 is 2.12 bits per heavy atom. The van der Waals surface area contributed by atoms with E-state index >= 15 is 0 Å². The summed E-state index contributed by atoms with van der Waals surface area (Å²) in [6, 6.07) is 6.84. The van der Waals surface area contributed by atoms with E-state index in [9.17, 15) is 4.79 Å². The van der Waals surface area contributed by atoms with Gasteiger partial charge >= 0.3 is 0 Å². The first-order valence-electron chi connectivity index (χ1n) is 5.01. The van der Waals surface area contributed by atoms with E-state index in [2.05, 4.69) is 15.3 Å². The van der Waals surface area contributed by atoms with Crippen LogP contribution in [0.4, 0.5) is 5.69 Å². The van der Waals surface area contributed by atoms with Crippen LogP contribution in [0.5, 0.6) is 5.88 Å². The van der Waals surface area contributed by atoms with Gasteiger partial charge in [-0.3, -0.25) is 9.78 Å². The van der Waals surface area contributed by atoms with Gasteiger partial charge in [0.05, 0.1) is 19.0 Å². The highest BCUT2D eigenvalue weighted by atomic mass is 16.5. The lowest BCUT2D eigenvalue weighted by Crippen LogP contribution is -2.13. The molecule has 0 saturated carbocycles. The van der Waals surface area contributed by atoms with E-state index in [0.29, 0.717) is 17.1 Å². The summed E-state index contributed by atoms with van der Waals surface area (Å²) < 4.78 is 5.02. The van der Waals surface area contributed by atoms with E-state index in [4.69, 9.17) is 4.74 Å². The molecule has 0 aliphatic heterocycles. The fourth-order valence-corrected chi connectivity index (χ4v) is 1.36. The molecule has 5 nitrogen and oxygen atoms in total. The zero-order valence-corrected chi connectivity index (χ0v) is 9.25. The Morgan fingerprint density at radius 3 is 2.82 bits per heavy atom. The van der Waals surface area contributed by atoms with Crippen LogP contribution in [0, 0.1) is 0 Å². The van der Waals surface area contributed by atoms with E-state index in [0.717, 1.165) is 0 Å². The maximum absolute atomic E-state index is 11.9. The smallest absolute Gasteiger partial charge is 0.261 e. The highest BCUT2D eigenvalue weighted by molar-refractivity contribution is 6.05. The van der Waals surface area contributed by atoms with Crippen molar-refractivity contribution in [1.29, 1.82) is 0 Å². The van der Waals surface area contributed by atoms with Crippen molar-refractivity contribution in [2.45, 2.75) is 0 Å². The largest absolute Gasteiger partial charge is 0.480 e. The van der Waals surface area contributed by atoms with Crippen molar-refractivity contribution in [3.8, 4) is 5.88 Å². The summed E-state index contributed by atoms with van der Waals surface area (Å²) in [5.74, 6) is 0.0249. The van der Waals surface area contributed by atoms with Crippen LogP contribution < -0.4 is 10.1 Å². The minimum Gasteiger partial charge on any atom is -0.480 e. The first kappa shape index (κ1) is 11.1. The highest BCUT2D eigenvalue weighted by Gasteiger charge is 2.12. The fraction of sp³-hybridized carbons (Fsp3) is 0.0833. The molecule has 0 spiro atoms. The molecule has 2 heterocycles. The maximum Gasteiger partial charge on any atom is 0.261 e. The summed E-state index contributed by atoms with van der Waals surface area (Å²) in [5, 5.41) is 2.71. The number of amides is 1. The molecule has 1 amide bonds. The Kier molecular flexibility index (Phi) is 3.30. The number of hydrogen-bond donors (Lipinski definition) is 1. The number of nitrogens with zero attached hydrogens (tertiary/aromatic N) is 2. The zero-order chi connectivity index (χ0) is 12.1. The predicted molar refractivity (Wildman–Crippen MR) is 63.0 cm³/mol. The Bertz CT molecular complexity index is 514. The lowest BCUT2D eigenvalue weighted by molar-refractivity contribution is 0.102. The third kappa shape index (κ3) is 2.57. The van der Waals surface area contributed by atoms with E-state index in [1.165, 1.54) is 7.11 Å². The summed E-state index contributed by atoms with van der Waals surface area (Å²) in [4.78, 5) is 19.8. The third-order valence-electron chi connectivity index (χ3n) is 2.13. The number of hydrogen-bond acceptors (Lipinski definition) is 4. The van der Waals surface area contributed by atoms with Crippen LogP contribution in [0.25, 0.3) is 0 Å². The van der Waals surface area contributed by atoms with Crippen molar-refractivity contribution in [2.24, 2.45) is 0 Å². The second kappa shape index (κ2) is 5.07. The molecular formula is C12H11N3O2. The highest BCUT2D eigenvalue weighted by Crippen LogP contribution is 2.15. The lowest BCUT2D eigenvalue weighted by atomic mass is 10.2. The van der Waals surface area contributed by atoms with Crippen LogP contribution >= 0.6 is 0 Å². The van der Waals surface area contributed by atoms with Gasteiger partial charge in [-0.15, -0.1) is 0 Å². The third-order valence-corrected chi connectivity index (χ3v) is 2.13. The van der Waals surface area contributed by atoms with E-state index in [1.54, 1.807) is 42.9 Å². The van der Waals surface area contributed by atoms with Crippen molar-refractivity contribution in [3.63, 3.8) is 0 Å². The standard InChI is InChI=1S/C12H11N3O2/c1-17-12-10(5-3-7-14-12)11(16)15-9-4-2-6-13-8-9/h2-8H,1H3,(H,15,16). The van der Waals surface area contributed by atoms with Gasteiger partial charge in [-0.05, 0) is 24.3 Å². The molecule has 0 unspecified atom stereocenters. The van der Waals surface area contributed by atoms with E-state index in [1.807, 2.05) is 0 Å². The van der Waals surface area contributed by atoms with Gasteiger partial charge in [0.25, 0.3) is 5.91 Å². The van der Waals surface area contributed by atoms with E-state index < -0.39 is 0 Å². The van der Waals surface area contributed by atoms with Gasteiger partial charge in [0.1, 0.15) is 5.56 Å². The molecular weight excluding hydrogens is 218 g/mol. The average molecular weight is 229 g/mol. The first-order chi connectivity index (χ1) is 8.31. The molecule has 0 bridgehead atoms. The molecule has 0 saturated heterocycles. The van der Waals surface area contributed by atoms with Crippen LogP contribution in [-0.2, 0) is 0 Å². The summed E-state index contributed by atoms with van der Waals surface area (Å²) in [5.41, 5.74) is 1.02. The Balaban J connectivity index is 2.20. The van der Waals surface area contributed by atoms with Gasteiger partial charge in [0.2, 0.25) is 5.88 Å². The van der Waals surface area contributed by atoms with Crippen molar-refractivity contribution in [1.82, 2.24) is 9.97 Å². The second-order valence-electron chi connectivity index (χ2n) is 3.26. The van der Waals surface area contributed by atoms with Crippen LogP contribution in [0.2, 0.25) is 0 Å². The minimum atomic E-state index is -0.275. The molecule has 0 radical (unpaired) electrons.